The number of ether oxygens (including phenoxy) is 1. The van der Waals surface area contributed by atoms with Crippen LogP contribution in [-0.2, 0) is 9.53 Å². The van der Waals surface area contributed by atoms with Crippen molar-refractivity contribution < 1.29 is 29.5 Å². The Morgan fingerprint density at radius 3 is 2.43 bits per heavy atom. The molecule has 0 spiro atoms. The SMILES string of the molecule is CC(C)(C)OC(=O)N[C@H](C(=O)[O-])[C@H](O)c1cccc([N+](=O)[O-])c1. The van der Waals surface area contributed by atoms with Gasteiger partial charge in [-0.2, -0.15) is 0 Å². The van der Waals surface area contributed by atoms with Crippen molar-refractivity contribution in [2.75, 3.05) is 0 Å². The van der Waals surface area contributed by atoms with Gasteiger partial charge in [-0.05, 0) is 26.3 Å². The maximum absolute atomic E-state index is 11.6. The monoisotopic (exact) mass is 325 g/mol. The zero-order valence-electron chi connectivity index (χ0n) is 12.8. The van der Waals surface area contributed by atoms with Crippen molar-refractivity contribution >= 4 is 17.7 Å². The van der Waals surface area contributed by atoms with Crippen molar-refractivity contribution in [1.29, 1.82) is 0 Å². The van der Waals surface area contributed by atoms with Gasteiger partial charge in [0.25, 0.3) is 5.69 Å². The number of rotatable bonds is 5. The molecule has 1 aromatic carbocycles. The molecular weight excluding hydrogens is 308 g/mol. The van der Waals surface area contributed by atoms with Crippen LogP contribution in [0.5, 0.6) is 0 Å². The zero-order valence-corrected chi connectivity index (χ0v) is 12.8. The van der Waals surface area contributed by atoms with Gasteiger partial charge < -0.3 is 25.1 Å². The van der Waals surface area contributed by atoms with Gasteiger partial charge in [0, 0.05) is 12.1 Å². The van der Waals surface area contributed by atoms with Crippen molar-refractivity contribution in [1.82, 2.24) is 5.32 Å². The Balaban J connectivity index is 2.97. The number of nitro benzene ring substituents is 1. The lowest BCUT2D eigenvalue weighted by Crippen LogP contribution is -2.52. The molecule has 1 rings (SSSR count). The number of aliphatic hydroxyl groups is 1. The first-order chi connectivity index (χ1) is 10.5. The lowest BCUT2D eigenvalue weighted by Gasteiger charge is -2.27. The van der Waals surface area contributed by atoms with E-state index in [4.69, 9.17) is 4.74 Å². The number of benzene rings is 1. The van der Waals surface area contributed by atoms with E-state index in [1.807, 2.05) is 5.32 Å². The maximum Gasteiger partial charge on any atom is 0.408 e. The first kappa shape index (κ1) is 18.4. The van der Waals surface area contributed by atoms with Crippen molar-refractivity contribution in [3.05, 3.63) is 39.9 Å². The Labute approximate surface area is 132 Å². The van der Waals surface area contributed by atoms with Crippen LogP contribution in [-0.4, -0.2) is 33.7 Å². The molecule has 126 valence electrons. The van der Waals surface area contributed by atoms with E-state index in [1.54, 1.807) is 20.8 Å². The molecule has 9 heteroatoms. The number of carbonyl (C=O) groups excluding carboxylic acids is 2. The Bertz CT molecular complexity index is 609. The van der Waals surface area contributed by atoms with Crippen LogP contribution in [0.1, 0.15) is 32.4 Å². The third kappa shape index (κ3) is 5.55. The Morgan fingerprint density at radius 1 is 1.35 bits per heavy atom. The van der Waals surface area contributed by atoms with Crippen LogP contribution in [0, 0.1) is 10.1 Å². The first-order valence-electron chi connectivity index (χ1n) is 6.64. The van der Waals surface area contributed by atoms with Gasteiger partial charge in [0.2, 0.25) is 0 Å². The molecule has 0 saturated heterocycles. The average Bonchev–Trinajstić information content (AvgIpc) is 2.42. The van der Waals surface area contributed by atoms with Gasteiger partial charge in [0.05, 0.1) is 10.9 Å². The molecule has 0 aliphatic rings. The summed E-state index contributed by atoms with van der Waals surface area (Å²) in [6.45, 7) is 4.74. The average molecular weight is 325 g/mol. The number of carboxylic acids is 1. The number of alkyl carbamates (subject to hydrolysis) is 1. The van der Waals surface area contributed by atoms with Crippen molar-refractivity contribution in [3.8, 4) is 0 Å². The highest BCUT2D eigenvalue weighted by Crippen LogP contribution is 2.22. The summed E-state index contributed by atoms with van der Waals surface area (Å²) in [5, 5.41) is 33.9. The van der Waals surface area contributed by atoms with Gasteiger partial charge >= 0.3 is 6.09 Å². The van der Waals surface area contributed by atoms with Crippen LogP contribution < -0.4 is 10.4 Å². The second kappa shape index (κ2) is 7.05. The van der Waals surface area contributed by atoms with Crippen LogP contribution in [0.25, 0.3) is 0 Å². The topological polar surface area (TPSA) is 142 Å². The number of aliphatic hydroxyl groups excluding tert-OH is 1. The van der Waals surface area contributed by atoms with Gasteiger partial charge in [0.1, 0.15) is 17.7 Å². The predicted octanol–water partition coefficient (Wildman–Crippen LogP) is 0.271. The summed E-state index contributed by atoms with van der Waals surface area (Å²) in [6.07, 6.45) is -2.80. The van der Waals surface area contributed by atoms with E-state index in [1.165, 1.54) is 18.2 Å². The van der Waals surface area contributed by atoms with Crippen molar-refractivity contribution in [2.45, 2.75) is 38.5 Å². The van der Waals surface area contributed by atoms with Gasteiger partial charge in [0.15, 0.2) is 0 Å². The van der Waals surface area contributed by atoms with Gasteiger partial charge in [-0.3, -0.25) is 10.1 Å². The summed E-state index contributed by atoms with van der Waals surface area (Å²) in [7, 11) is 0. The molecule has 0 saturated carbocycles. The summed E-state index contributed by atoms with van der Waals surface area (Å²) in [5.41, 5.74) is -1.24. The second-order valence-corrected chi connectivity index (χ2v) is 5.74. The number of amides is 1. The van der Waals surface area contributed by atoms with E-state index in [-0.39, 0.29) is 11.3 Å². The summed E-state index contributed by atoms with van der Waals surface area (Å²) >= 11 is 0. The van der Waals surface area contributed by atoms with Crippen molar-refractivity contribution in [3.63, 3.8) is 0 Å². The maximum atomic E-state index is 11.6. The molecule has 0 aromatic heterocycles. The first-order valence-corrected chi connectivity index (χ1v) is 6.64. The molecule has 23 heavy (non-hydrogen) atoms. The summed E-state index contributed by atoms with van der Waals surface area (Å²) in [4.78, 5) is 32.8. The molecule has 2 N–H and O–H groups in total. The van der Waals surface area contributed by atoms with E-state index >= 15 is 0 Å². The van der Waals surface area contributed by atoms with E-state index < -0.39 is 34.7 Å². The number of nitrogens with one attached hydrogen (secondary N) is 1. The fraction of sp³-hybridized carbons (Fsp3) is 0.429. The number of nitro groups is 1. The molecule has 1 amide bonds. The fourth-order valence-corrected chi connectivity index (χ4v) is 1.72. The number of hydrogen-bond acceptors (Lipinski definition) is 7. The molecule has 0 heterocycles. The Hall–Kier alpha value is -2.68. The quantitative estimate of drug-likeness (QED) is 0.584. The Kier molecular flexibility index (Phi) is 5.63. The molecule has 0 unspecified atom stereocenters. The predicted molar refractivity (Wildman–Crippen MR) is 76.2 cm³/mol. The van der Waals surface area contributed by atoms with Crippen LogP contribution in [0.15, 0.2) is 24.3 Å². The van der Waals surface area contributed by atoms with Gasteiger partial charge in [-0.1, -0.05) is 12.1 Å². The molecule has 0 bridgehead atoms. The molecule has 2 atom stereocenters. The van der Waals surface area contributed by atoms with Crippen LogP contribution in [0.3, 0.4) is 0 Å². The molecule has 0 aliphatic heterocycles. The summed E-state index contributed by atoms with van der Waals surface area (Å²) < 4.78 is 4.91. The van der Waals surface area contributed by atoms with Crippen molar-refractivity contribution in [2.24, 2.45) is 0 Å². The van der Waals surface area contributed by atoms with Gasteiger partial charge in [-0.15, -0.1) is 0 Å². The molecule has 0 aliphatic carbocycles. The lowest BCUT2D eigenvalue weighted by molar-refractivity contribution is -0.385. The number of carbonyl (C=O) groups is 2. The van der Waals surface area contributed by atoms with Crippen LogP contribution in [0.4, 0.5) is 10.5 Å². The highest BCUT2D eigenvalue weighted by Gasteiger charge is 2.27. The third-order valence-corrected chi connectivity index (χ3v) is 2.66. The molecule has 0 radical (unpaired) electrons. The lowest BCUT2D eigenvalue weighted by atomic mass is 10.0. The summed E-state index contributed by atoms with van der Waals surface area (Å²) in [6, 6.07) is 2.95. The highest BCUT2D eigenvalue weighted by molar-refractivity contribution is 5.79. The number of hydrogen-bond donors (Lipinski definition) is 2. The standard InChI is InChI=1S/C14H18N2O7/c1-14(2,3)23-13(20)15-10(12(18)19)11(17)8-5-4-6-9(7-8)16(21)22/h4-7,10-11,17H,1-3H3,(H,15,20)(H,18,19)/p-1/t10-,11+/m0/s1. The number of non-ortho nitro benzene ring substituents is 1. The second-order valence-electron chi connectivity index (χ2n) is 5.74. The summed E-state index contributed by atoms with van der Waals surface area (Å²) in [5.74, 6) is -1.75. The number of carboxylic acid groups (broad SMARTS) is 1. The normalized spacial score (nSPS) is 13.7. The Morgan fingerprint density at radius 2 is 1.96 bits per heavy atom. The smallest absolute Gasteiger partial charge is 0.408 e. The minimum absolute atomic E-state index is 0.0514. The molecule has 1 aromatic rings. The number of nitrogens with zero attached hydrogens (tertiary/aromatic N) is 1. The molecule has 0 fully saturated rings. The fourth-order valence-electron chi connectivity index (χ4n) is 1.72. The van der Waals surface area contributed by atoms with E-state index in [9.17, 15) is 29.9 Å². The number of aliphatic carboxylic acids is 1. The largest absolute Gasteiger partial charge is 0.548 e. The minimum Gasteiger partial charge on any atom is -0.548 e. The third-order valence-electron chi connectivity index (χ3n) is 2.66. The highest BCUT2D eigenvalue weighted by atomic mass is 16.6. The van der Waals surface area contributed by atoms with Gasteiger partial charge in [-0.25, -0.2) is 4.79 Å². The van der Waals surface area contributed by atoms with Crippen LogP contribution in [0.2, 0.25) is 0 Å². The van der Waals surface area contributed by atoms with E-state index in [0.29, 0.717) is 0 Å². The van der Waals surface area contributed by atoms with E-state index in [0.717, 1.165) is 6.07 Å². The van der Waals surface area contributed by atoms with Crippen LogP contribution >= 0.6 is 0 Å². The zero-order chi connectivity index (χ0) is 17.8. The molecular formula is C14H17N2O7-. The molecule has 9 nitrogen and oxygen atoms in total. The minimum atomic E-state index is -1.83. The van der Waals surface area contributed by atoms with E-state index in [2.05, 4.69) is 0 Å².